The number of benzene rings is 1. The van der Waals surface area contributed by atoms with Crippen LogP contribution in [0.1, 0.15) is 37.3 Å². The maximum atomic E-state index is 12.4. The molecule has 0 aliphatic carbocycles. The van der Waals surface area contributed by atoms with Crippen LogP contribution in [0.2, 0.25) is 6.32 Å². The maximum absolute atomic E-state index is 12.4. The zero-order valence-corrected chi connectivity index (χ0v) is 14.7. The van der Waals surface area contributed by atoms with Crippen LogP contribution in [0.15, 0.2) is 35.2 Å². The van der Waals surface area contributed by atoms with Gasteiger partial charge in [-0.05, 0) is 29.9 Å². The van der Waals surface area contributed by atoms with Gasteiger partial charge in [-0.2, -0.15) is 0 Å². The Morgan fingerprint density at radius 2 is 1.96 bits per heavy atom. The first-order chi connectivity index (χ1) is 11.6. The molecule has 0 fully saturated rings. The fraction of sp³-hybridized carbons (Fsp3) is 0.444. The van der Waals surface area contributed by atoms with Crippen molar-refractivity contribution >= 4 is 31.3 Å². The van der Waals surface area contributed by atoms with Crippen LogP contribution in [-0.4, -0.2) is 32.4 Å². The summed E-state index contributed by atoms with van der Waals surface area (Å²) in [7, 11) is 7.07. The summed E-state index contributed by atoms with van der Waals surface area (Å²) in [5.41, 5.74) is 0.903. The fourth-order valence-electron chi connectivity index (χ4n) is 2.50. The molecule has 1 amide bonds. The van der Waals surface area contributed by atoms with E-state index < -0.39 is 0 Å². The van der Waals surface area contributed by atoms with E-state index in [0.29, 0.717) is 11.2 Å². The van der Waals surface area contributed by atoms with Gasteiger partial charge in [0.25, 0.3) is 5.91 Å². The lowest BCUT2D eigenvalue weighted by Gasteiger charge is -2.16. The Bertz CT molecular complexity index is 601. The molecule has 1 aromatic carbocycles. The van der Waals surface area contributed by atoms with Gasteiger partial charge in [0.15, 0.2) is 5.78 Å². The predicted molar refractivity (Wildman–Crippen MR) is 98.5 cm³/mol. The molecule has 0 spiro atoms. The Balaban J connectivity index is 1.97. The second-order valence-corrected chi connectivity index (χ2v) is 6.81. The van der Waals surface area contributed by atoms with Gasteiger partial charge in [0.1, 0.15) is 5.75 Å². The van der Waals surface area contributed by atoms with Gasteiger partial charge in [0.2, 0.25) is 0 Å². The number of amides is 1. The number of rotatable bonds is 8. The monoisotopic (exact) mass is 343 g/mol. The Hall–Kier alpha value is -1.69. The lowest BCUT2D eigenvalue weighted by Crippen LogP contribution is -2.28. The van der Waals surface area contributed by atoms with Crippen LogP contribution in [-0.2, 0) is 9.59 Å². The van der Waals surface area contributed by atoms with Gasteiger partial charge >= 0.3 is 0 Å². The van der Waals surface area contributed by atoms with Gasteiger partial charge in [0.05, 0.1) is 25.9 Å². The van der Waals surface area contributed by atoms with Crippen molar-refractivity contribution in [3.05, 3.63) is 40.8 Å². The average molecular weight is 343 g/mol. The number of thioether (sulfide) groups is 1. The van der Waals surface area contributed by atoms with Gasteiger partial charge in [0, 0.05) is 12.5 Å². The molecule has 0 bridgehead atoms. The van der Waals surface area contributed by atoms with E-state index in [2.05, 4.69) is 5.32 Å². The lowest BCUT2D eigenvalue weighted by molar-refractivity contribution is -0.117. The molecule has 1 heterocycles. The number of carbonyl (C=O) groups excluding carboxylic acids is 2. The minimum Gasteiger partial charge on any atom is -0.497 e. The van der Waals surface area contributed by atoms with Crippen LogP contribution in [0, 0.1) is 0 Å². The molecule has 0 aromatic heterocycles. The average Bonchev–Trinajstić information content (AvgIpc) is 2.73. The zero-order chi connectivity index (χ0) is 17.4. The van der Waals surface area contributed by atoms with E-state index in [1.54, 1.807) is 7.11 Å². The van der Waals surface area contributed by atoms with Crippen molar-refractivity contribution < 1.29 is 14.3 Å². The lowest BCUT2D eigenvalue weighted by atomic mass is 10.00. The van der Waals surface area contributed by atoms with Crippen LogP contribution in [0.25, 0.3) is 0 Å². The minimum absolute atomic E-state index is 0.0290. The van der Waals surface area contributed by atoms with E-state index in [-0.39, 0.29) is 24.2 Å². The van der Waals surface area contributed by atoms with Gasteiger partial charge < -0.3 is 10.1 Å². The van der Waals surface area contributed by atoms with E-state index >= 15 is 0 Å². The van der Waals surface area contributed by atoms with Gasteiger partial charge in [-0.15, -0.1) is 11.8 Å². The number of hydrogen-bond acceptors (Lipinski definition) is 4. The SMILES string of the molecule is [B]CCCCCSC1=CC(=O)CC(c2ccc(OC)cc2)NC1=O. The van der Waals surface area contributed by atoms with Gasteiger partial charge in [-0.1, -0.05) is 31.3 Å². The van der Waals surface area contributed by atoms with E-state index in [9.17, 15) is 9.59 Å². The highest BCUT2D eigenvalue weighted by atomic mass is 32.2. The summed E-state index contributed by atoms with van der Waals surface area (Å²) in [6.07, 6.45) is 5.46. The van der Waals surface area contributed by atoms with Crippen molar-refractivity contribution in [2.24, 2.45) is 0 Å². The summed E-state index contributed by atoms with van der Waals surface area (Å²) in [6, 6.07) is 7.11. The summed E-state index contributed by atoms with van der Waals surface area (Å²) in [5, 5.41) is 2.96. The van der Waals surface area contributed by atoms with Crippen LogP contribution in [0.5, 0.6) is 5.75 Å². The summed E-state index contributed by atoms with van der Waals surface area (Å²) < 4.78 is 5.14. The molecule has 4 nitrogen and oxygen atoms in total. The Morgan fingerprint density at radius 3 is 2.62 bits per heavy atom. The van der Waals surface area contributed by atoms with Crippen molar-refractivity contribution in [3.8, 4) is 5.75 Å². The van der Waals surface area contributed by atoms with Crippen molar-refractivity contribution in [2.75, 3.05) is 12.9 Å². The van der Waals surface area contributed by atoms with Crippen LogP contribution in [0.3, 0.4) is 0 Å². The highest BCUT2D eigenvalue weighted by Crippen LogP contribution is 2.27. The topological polar surface area (TPSA) is 55.4 Å². The summed E-state index contributed by atoms with van der Waals surface area (Å²) >= 11 is 1.44. The van der Waals surface area contributed by atoms with Gasteiger partial charge in [-0.25, -0.2) is 0 Å². The van der Waals surface area contributed by atoms with E-state index in [1.165, 1.54) is 17.8 Å². The number of allylic oxidation sites excluding steroid dienone is 1. The first kappa shape index (κ1) is 18.7. The molecule has 1 aromatic rings. The molecule has 1 atom stereocenters. The third kappa shape index (κ3) is 5.44. The molecule has 1 aliphatic heterocycles. The third-order valence-corrected chi connectivity index (χ3v) is 4.96. The van der Waals surface area contributed by atoms with Crippen molar-refractivity contribution in [3.63, 3.8) is 0 Å². The minimum atomic E-state index is -0.303. The number of carbonyl (C=O) groups is 2. The van der Waals surface area contributed by atoms with Crippen molar-refractivity contribution in [1.29, 1.82) is 0 Å². The summed E-state index contributed by atoms with van der Waals surface area (Å²) in [4.78, 5) is 25.1. The number of hydrogen-bond donors (Lipinski definition) is 1. The highest BCUT2D eigenvalue weighted by Gasteiger charge is 2.24. The van der Waals surface area contributed by atoms with Crippen molar-refractivity contribution in [2.45, 2.75) is 38.0 Å². The number of ketones is 1. The molecule has 1 aliphatic rings. The molecule has 1 N–H and O–H groups in total. The molecular weight excluding hydrogens is 321 g/mol. The second kappa shape index (κ2) is 9.57. The molecule has 0 saturated heterocycles. The van der Waals surface area contributed by atoms with E-state index in [4.69, 9.17) is 12.6 Å². The fourth-order valence-corrected chi connectivity index (χ4v) is 3.48. The maximum Gasteiger partial charge on any atom is 0.258 e. The Kier molecular flexibility index (Phi) is 7.44. The molecule has 24 heavy (non-hydrogen) atoms. The smallest absolute Gasteiger partial charge is 0.258 e. The third-order valence-electron chi connectivity index (χ3n) is 3.85. The summed E-state index contributed by atoms with van der Waals surface area (Å²) in [6.45, 7) is 0. The number of ether oxygens (including phenoxy) is 1. The molecule has 2 rings (SSSR count). The first-order valence-corrected chi connectivity index (χ1v) is 9.15. The molecule has 6 heteroatoms. The molecule has 2 radical (unpaired) electrons. The van der Waals surface area contributed by atoms with Crippen LogP contribution in [0.4, 0.5) is 0 Å². The highest BCUT2D eigenvalue weighted by molar-refractivity contribution is 8.04. The van der Waals surface area contributed by atoms with E-state index in [1.807, 2.05) is 24.3 Å². The Morgan fingerprint density at radius 1 is 1.21 bits per heavy atom. The standard InChI is InChI=1S/C18H22BNO3S/c1-23-15-7-5-13(6-8-15)16-11-14(21)12-17(18(22)20-16)24-10-4-2-3-9-19/h5-8,12,16H,2-4,9-11H2,1H3,(H,20,22). The summed E-state index contributed by atoms with van der Waals surface area (Å²) in [5.74, 6) is 1.36. The normalized spacial score (nSPS) is 17.9. The Labute approximate surface area is 148 Å². The molecule has 126 valence electrons. The van der Waals surface area contributed by atoms with Gasteiger partial charge in [-0.3, -0.25) is 9.59 Å². The first-order valence-electron chi connectivity index (χ1n) is 8.16. The largest absolute Gasteiger partial charge is 0.497 e. The van der Waals surface area contributed by atoms with Crippen LogP contribution < -0.4 is 10.1 Å². The van der Waals surface area contributed by atoms with Crippen LogP contribution >= 0.6 is 11.8 Å². The van der Waals surface area contributed by atoms with Crippen molar-refractivity contribution in [1.82, 2.24) is 5.32 Å². The number of unbranched alkanes of at least 4 members (excludes halogenated alkanes) is 2. The quantitative estimate of drug-likeness (QED) is 0.582. The second-order valence-electron chi connectivity index (χ2n) is 5.68. The number of nitrogens with one attached hydrogen (secondary N) is 1. The zero-order valence-electron chi connectivity index (χ0n) is 13.9. The molecule has 1 unspecified atom stereocenters. The van der Waals surface area contributed by atoms with E-state index in [0.717, 1.165) is 36.3 Å². The number of methoxy groups -OCH3 is 1. The molecule has 0 saturated carbocycles. The molecular formula is C18H22BNO3S. The predicted octanol–water partition coefficient (Wildman–Crippen LogP) is 3.20.